The normalized spacial score (nSPS) is 30.8. The number of aromatic nitrogens is 3. The molecule has 4 aliphatic carbocycles. The smallest absolute Gasteiger partial charge is 0.148 e. The minimum Gasteiger partial charge on any atom is -0.279 e. The van der Waals surface area contributed by atoms with Gasteiger partial charge in [-0.05, 0) is 99.1 Å². The highest BCUT2D eigenvalue weighted by Gasteiger charge is 2.59. The van der Waals surface area contributed by atoms with E-state index in [9.17, 15) is 0 Å². The molecule has 0 saturated heterocycles. The van der Waals surface area contributed by atoms with Gasteiger partial charge in [-0.2, -0.15) is 0 Å². The van der Waals surface area contributed by atoms with Gasteiger partial charge >= 0.3 is 0 Å². The number of hydrogen-bond acceptors (Lipinski definition) is 2. The van der Waals surface area contributed by atoms with E-state index in [0.29, 0.717) is 5.41 Å². The van der Waals surface area contributed by atoms with E-state index in [1.807, 2.05) is 0 Å². The number of nitrogens with zero attached hydrogens (tertiary/aromatic N) is 3. The van der Waals surface area contributed by atoms with Crippen molar-refractivity contribution >= 4 is 27.6 Å². The Morgan fingerprint density at radius 2 is 1.76 bits per heavy atom. The molecule has 3 heteroatoms. The third-order valence-corrected chi connectivity index (χ3v) is 8.53. The number of imidazole rings is 1. The van der Waals surface area contributed by atoms with Crippen LogP contribution < -0.4 is 0 Å². The Bertz CT molecular complexity index is 1320. The summed E-state index contributed by atoms with van der Waals surface area (Å²) in [5.74, 6) is 2.21. The van der Waals surface area contributed by atoms with Crippen LogP contribution in [0.2, 0.25) is 0 Å². The van der Waals surface area contributed by atoms with Crippen LogP contribution in [0.5, 0.6) is 0 Å². The van der Waals surface area contributed by atoms with Crippen LogP contribution >= 0.6 is 0 Å². The van der Waals surface area contributed by atoms with Crippen molar-refractivity contribution < 1.29 is 0 Å². The minimum atomic E-state index is 0.230. The van der Waals surface area contributed by atoms with Crippen molar-refractivity contribution in [3.8, 4) is 0 Å². The van der Waals surface area contributed by atoms with Gasteiger partial charge in [-0.3, -0.25) is 4.40 Å². The number of hydrogen-bond donors (Lipinski definition) is 0. The monoisotopic (exact) mass is 381 g/mol. The van der Waals surface area contributed by atoms with Crippen molar-refractivity contribution in [2.75, 3.05) is 0 Å². The first-order valence-electron chi connectivity index (χ1n) is 11.2. The lowest BCUT2D eigenvalue weighted by atomic mass is 9.42. The third-order valence-electron chi connectivity index (χ3n) is 8.53. The first-order chi connectivity index (χ1) is 14.1. The summed E-state index contributed by atoms with van der Waals surface area (Å²) in [6, 6.07) is 13.2. The van der Waals surface area contributed by atoms with Crippen LogP contribution in [0.1, 0.15) is 61.9 Å². The van der Waals surface area contributed by atoms with Crippen LogP contribution in [0.25, 0.3) is 27.6 Å². The Labute approximate surface area is 171 Å². The van der Waals surface area contributed by atoms with E-state index in [1.165, 1.54) is 72.8 Å². The molecule has 0 amide bonds. The molecule has 8 rings (SSSR count). The number of benzene rings is 2. The number of rotatable bonds is 1. The second-order valence-corrected chi connectivity index (χ2v) is 10.4. The summed E-state index contributed by atoms with van der Waals surface area (Å²) in [5, 5.41) is 1.17. The lowest BCUT2D eigenvalue weighted by Gasteiger charge is -2.63. The Kier molecular flexibility index (Phi) is 2.93. The average molecular weight is 382 g/mol. The van der Waals surface area contributed by atoms with Gasteiger partial charge in [0.05, 0.1) is 16.6 Å². The van der Waals surface area contributed by atoms with Gasteiger partial charge in [0.2, 0.25) is 0 Å². The summed E-state index contributed by atoms with van der Waals surface area (Å²) in [6.45, 7) is 4.40. The molecule has 2 aromatic carbocycles. The molecule has 4 aromatic rings. The van der Waals surface area contributed by atoms with Crippen LogP contribution in [-0.4, -0.2) is 14.4 Å². The number of fused-ring (bicyclic) bond motifs is 5. The van der Waals surface area contributed by atoms with Crippen molar-refractivity contribution in [3.05, 3.63) is 53.3 Å². The second-order valence-electron chi connectivity index (χ2n) is 10.4. The predicted molar refractivity (Wildman–Crippen MR) is 117 cm³/mol. The standard InChI is InChI=1S/C26H27N3/c1-16-10-21-22(11-17(16)2)29-23(27-21)19-6-3-4-7-20(19)28-24(29)26-9-5-8-25(15-26)12-18(13-25)14-26/h3-4,6-7,10-11,18H,5,8-9,12-15H2,1-2H3. The van der Waals surface area contributed by atoms with Crippen molar-refractivity contribution in [3.63, 3.8) is 0 Å². The van der Waals surface area contributed by atoms with Crippen molar-refractivity contribution in [1.82, 2.24) is 14.4 Å². The van der Waals surface area contributed by atoms with Crippen LogP contribution in [0, 0.1) is 25.2 Å². The van der Waals surface area contributed by atoms with E-state index >= 15 is 0 Å². The molecule has 2 aromatic heterocycles. The van der Waals surface area contributed by atoms with Crippen LogP contribution in [-0.2, 0) is 5.41 Å². The SMILES string of the molecule is Cc1cc2nc3c4ccccc4nc(C45CCCC6(CC(C6)C4)C5)n3c2cc1C. The van der Waals surface area contributed by atoms with E-state index in [1.54, 1.807) is 0 Å². The molecule has 0 N–H and O–H groups in total. The fourth-order valence-electron chi connectivity index (χ4n) is 7.37. The Morgan fingerprint density at radius 3 is 2.66 bits per heavy atom. The third kappa shape index (κ3) is 2.04. The topological polar surface area (TPSA) is 30.2 Å². The molecule has 0 aliphatic heterocycles. The maximum atomic E-state index is 5.39. The van der Waals surface area contributed by atoms with Crippen LogP contribution in [0.3, 0.4) is 0 Å². The highest BCUT2D eigenvalue weighted by atomic mass is 15.1. The van der Waals surface area contributed by atoms with E-state index in [2.05, 4.69) is 54.6 Å². The first-order valence-corrected chi connectivity index (χ1v) is 11.2. The van der Waals surface area contributed by atoms with Gasteiger partial charge in [-0.15, -0.1) is 0 Å². The van der Waals surface area contributed by atoms with E-state index in [-0.39, 0.29) is 5.41 Å². The van der Waals surface area contributed by atoms with Gasteiger partial charge in [0, 0.05) is 10.8 Å². The molecule has 1 unspecified atom stereocenters. The van der Waals surface area contributed by atoms with Crippen molar-refractivity contribution in [2.24, 2.45) is 11.3 Å². The lowest BCUT2D eigenvalue weighted by molar-refractivity contribution is -0.0920. The molecule has 0 radical (unpaired) electrons. The first kappa shape index (κ1) is 16.4. The summed E-state index contributed by atoms with van der Waals surface area (Å²) in [6.07, 6.45) is 9.67. The zero-order chi connectivity index (χ0) is 19.4. The maximum Gasteiger partial charge on any atom is 0.148 e. The fraction of sp³-hybridized carbons (Fsp3) is 0.462. The minimum absolute atomic E-state index is 0.230. The van der Waals surface area contributed by atoms with Gasteiger partial charge in [-0.1, -0.05) is 18.6 Å². The molecule has 4 aliphatic rings. The number of aryl methyl sites for hydroxylation is 2. The van der Waals surface area contributed by atoms with Crippen LogP contribution in [0.4, 0.5) is 0 Å². The Morgan fingerprint density at radius 1 is 0.931 bits per heavy atom. The zero-order valence-electron chi connectivity index (χ0n) is 17.3. The molecule has 3 nitrogen and oxygen atoms in total. The highest BCUT2D eigenvalue weighted by molar-refractivity contribution is 5.96. The van der Waals surface area contributed by atoms with Crippen molar-refractivity contribution in [2.45, 2.75) is 64.2 Å². The van der Waals surface area contributed by atoms with E-state index < -0.39 is 0 Å². The molecule has 29 heavy (non-hydrogen) atoms. The Balaban J connectivity index is 1.62. The quantitative estimate of drug-likeness (QED) is 0.389. The average Bonchev–Trinajstić information content (AvgIpc) is 3.05. The van der Waals surface area contributed by atoms with Crippen LogP contribution in [0.15, 0.2) is 36.4 Å². The molecular formula is C26H27N3. The molecule has 3 bridgehead atoms. The molecule has 1 atom stereocenters. The predicted octanol–water partition coefficient (Wildman–Crippen LogP) is 6.26. The van der Waals surface area contributed by atoms with Gasteiger partial charge in [0.15, 0.2) is 0 Å². The summed E-state index contributed by atoms with van der Waals surface area (Å²) < 4.78 is 2.45. The molecular weight excluding hydrogens is 354 g/mol. The zero-order valence-corrected chi connectivity index (χ0v) is 17.3. The molecule has 2 heterocycles. The van der Waals surface area contributed by atoms with E-state index in [4.69, 9.17) is 9.97 Å². The summed E-state index contributed by atoms with van der Waals surface area (Å²) in [5.41, 5.74) is 8.04. The summed E-state index contributed by atoms with van der Waals surface area (Å²) in [4.78, 5) is 10.5. The van der Waals surface area contributed by atoms with Crippen molar-refractivity contribution in [1.29, 1.82) is 0 Å². The summed E-state index contributed by atoms with van der Waals surface area (Å²) in [7, 11) is 0. The Hall–Kier alpha value is -2.42. The molecule has 4 saturated carbocycles. The molecule has 146 valence electrons. The highest BCUT2D eigenvalue weighted by Crippen LogP contribution is 2.68. The summed E-state index contributed by atoms with van der Waals surface area (Å²) >= 11 is 0. The maximum absolute atomic E-state index is 5.39. The molecule has 4 fully saturated rings. The van der Waals surface area contributed by atoms with Gasteiger partial charge in [-0.25, -0.2) is 9.97 Å². The fourth-order valence-corrected chi connectivity index (χ4v) is 7.37. The largest absolute Gasteiger partial charge is 0.279 e. The lowest BCUT2D eigenvalue weighted by Crippen LogP contribution is -2.55. The van der Waals surface area contributed by atoms with Gasteiger partial charge in [0.1, 0.15) is 11.5 Å². The van der Waals surface area contributed by atoms with E-state index in [0.717, 1.165) is 22.6 Å². The number of para-hydroxylation sites is 1. The second kappa shape index (κ2) is 5.19. The molecule has 1 spiro atoms. The van der Waals surface area contributed by atoms with Gasteiger partial charge in [0.25, 0.3) is 0 Å². The van der Waals surface area contributed by atoms with Gasteiger partial charge < -0.3 is 0 Å².